The molecular formula is C16H22BrClO. The van der Waals surface area contributed by atoms with Crippen LogP contribution in [0.15, 0.2) is 24.3 Å². The van der Waals surface area contributed by atoms with Crippen molar-refractivity contribution >= 4 is 27.5 Å². The van der Waals surface area contributed by atoms with E-state index in [-0.39, 0.29) is 6.10 Å². The minimum Gasteiger partial charge on any atom is -0.369 e. The van der Waals surface area contributed by atoms with Crippen molar-refractivity contribution in [1.29, 1.82) is 0 Å². The molecule has 1 aliphatic rings. The van der Waals surface area contributed by atoms with Crippen molar-refractivity contribution < 1.29 is 4.74 Å². The molecule has 1 nitrogen and oxygen atoms in total. The van der Waals surface area contributed by atoms with Crippen LogP contribution in [0.25, 0.3) is 0 Å². The zero-order valence-electron chi connectivity index (χ0n) is 11.6. The number of halogens is 2. The van der Waals surface area contributed by atoms with Gasteiger partial charge in [0.05, 0.1) is 12.2 Å². The smallest absolute Gasteiger partial charge is 0.0925 e. The summed E-state index contributed by atoms with van der Waals surface area (Å²) < 4.78 is 6.32. The average Bonchev–Trinajstić information content (AvgIpc) is 2.34. The van der Waals surface area contributed by atoms with Gasteiger partial charge in [0.2, 0.25) is 0 Å². The van der Waals surface area contributed by atoms with Crippen LogP contribution in [0.5, 0.6) is 0 Å². The minimum absolute atomic E-state index is 0.0983. The molecule has 0 heterocycles. The highest BCUT2D eigenvalue weighted by molar-refractivity contribution is 9.09. The molecule has 1 saturated carbocycles. The molecule has 3 unspecified atom stereocenters. The molecule has 0 aliphatic heterocycles. The molecule has 3 atom stereocenters. The summed E-state index contributed by atoms with van der Waals surface area (Å²) in [4.78, 5) is 0. The highest BCUT2D eigenvalue weighted by atomic mass is 79.9. The Morgan fingerprint density at radius 2 is 1.95 bits per heavy atom. The van der Waals surface area contributed by atoms with Gasteiger partial charge in [-0.3, -0.25) is 0 Å². The zero-order chi connectivity index (χ0) is 13.8. The monoisotopic (exact) mass is 344 g/mol. The van der Waals surface area contributed by atoms with Crippen molar-refractivity contribution in [3.8, 4) is 0 Å². The van der Waals surface area contributed by atoms with Crippen molar-refractivity contribution in [2.24, 2.45) is 11.8 Å². The first-order valence-electron chi connectivity index (χ1n) is 7.05. The molecule has 0 saturated heterocycles. The van der Waals surface area contributed by atoms with Gasteiger partial charge in [-0.1, -0.05) is 53.5 Å². The molecule has 1 aromatic rings. The summed E-state index contributed by atoms with van der Waals surface area (Å²) >= 11 is 9.63. The largest absolute Gasteiger partial charge is 0.369 e. The van der Waals surface area contributed by atoms with E-state index < -0.39 is 0 Å². The summed E-state index contributed by atoms with van der Waals surface area (Å²) in [6, 6.07) is 7.99. The van der Waals surface area contributed by atoms with Gasteiger partial charge in [0.1, 0.15) is 0 Å². The van der Waals surface area contributed by atoms with Crippen LogP contribution in [0.3, 0.4) is 0 Å². The highest BCUT2D eigenvalue weighted by Gasteiger charge is 2.27. The van der Waals surface area contributed by atoms with E-state index >= 15 is 0 Å². The lowest BCUT2D eigenvalue weighted by Gasteiger charge is -2.33. The Morgan fingerprint density at radius 3 is 2.53 bits per heavy atom. The minimum atomic E-state index is 0.0983. The van der Waals surface area contributed by atoms with Gasteiger partial charge in [0.15, 0.2) is 0 Å². The maximum absolute atomic E-state index is 6.32. The fourth-order valence-corrected chi connectivity index (χ4v) is 3.85. The number of hydrogen-bond donors (Lipinski definition) is 0. The molecule has 0 N–H and O–H groups in total. The Balaban J connectivity index is 2.02. The standard InChI is InChI=1S/C16H22BrClO/c1-11-6-12(2)8-15(7-11)19-16(10-17)13-4-3-5-14(18)9-13/h3-5,9,11-12,15-16H,6-8,10H2,1-2H3. The molecule has 3 heteroatoms. The summed E-state index contributed by atoms with van der Waals surface area (Å²) in [5.74, 6) is 1.54. The van der Waals surface area contributed by atoms with E-state index in [1.54, 1.807) is 0 Å². The molecular weight excluding hydrogens is 324 g/mol. The number of alkyl halides is 1. The van der Waals surface area contributed by atoms with Crippen LogP contribution >= 0.6 is 27.5 Å². The number of hydrogen-bond acceptors (Lipinski definition) is 1. The van der Waals surface area contributed by atoms with Gasteiger partial charge >= 0.3 is 0 Å². The van der Waals surface area contributed by atoms with Gasteiger partial charge in [-0.15, -0.1) is 0 Å². The summed E-state index contributed by atoms with van der Waals surface area (Å²) in [5, 5.41) is 1.59. The van der Waals surface area contributed by atoms with E-state index in [9.17, 15) is 0 Å². The van der Waals surface area contributed by atoms with Crippen LogP contribution in [0, 0.1) is 11.8 Å². The Bertz CT molecular complexity index is 399. The fourth-order valence-electron chi connectivity index (χ4n) is 3.13. The lowest BCUT2D eigenvalue weighted by Crippen LogP contribution is -2.28. The maximum Gasteiger partial charge on any atom is 0.0925 e. The van der Waals surface area contributed by atoms with Crippen molar-refractivity contribution in [1.82, 2.24) is 0 Å². The molecule has 0 aromatic heterocycles. The summed E-state index contributed by atoms with van der Waals surface area (Å²) in [6.45, 7) is 4.66. The van der Waals surface area contributed by atoms with Gasteiger partial charge in [-0.2, -0.15) is 0 Å². The summed E-state index contributed by atoms with van der Waals surface area (Å²) in [7, 11) is 0. The van der Waals surface area contributed by atoms with Crippen molar-refractivity contribution in [3.63, 3.8) is 0 Å². The number of benzene rings is 1. The lowest BCUT2D eigenvalue weighted by molar-refractivity contribution is -0.0401. The Kier molecular flexibility index (Phi) is 5.73. The van der Waals surface area contributed by atoms with Crippen LogP contribution < -0.4 is 0 Å². The highest BCUT2D eigenvalue weighted by Crippen LogP contribution is 2.34. The second kappa shape index (κ2) is 7.10. The van der Waals surface area contributed by atoms with Crippen LogP contribution in [-0.4, -0.2) is 11.4 Å². The second-order valence-electron chi connectivity index (χ2n) is 5.87. The van der Waals surface area contributed by atoms with Crippen molar-refractivity contribution in [2.75, 3.05) is 5.33 Å². The van der Waals surface area contributed by atoms with Gasteiger partial charge < -0.3 is 4.74 Å². The lowest BCUT2D eigenvalue weighted by atomic mass is 9.81. The Hall–Kier alpha value is -0.0500. The van der Waals surface area contributed by atoms with Crippen LogP contribution in [0.2, 0.25) is 5.02 Å². The number of rotatable bonds is 4. The van der Waals surface area contributed by atoms with Crippen LogP contribution in [0.4, 0.5) is 0 Å². The van der Waals surface area contributed by atoms with Gasteiger partial charge in [0.25, 0.3) is 0 Å². The molecule has 106 valence electrons. The molecule has 1 aliphatic carbocycles. The maximum atomic E-state index is 6.32. The third-order valence-electron chi connectivity index (χ3n) is 3.85. The Labute approximate surface area is 129 Å². The molecule has 2 rings (SSSR count). The summed E-state index contributed by atoms with van der Waals surface area (Å²) in [6.07, 6.45) is 4.15. The number of ether oxygens (including phenoxy) is 1. The van der Waals surface area contributed by atoms with E-state index in [4.69, 9.17) is 16.3 Å². The molecule has 1 aromatic carbocycles. The van der Waals surface area contributed by atoms with Crippen LogP contribution in [0.1, 0.15) is 44.8 Å². The molecule has 1 fully saturated rings. The first-order valence-corrected chi connectivity index (χ1v) is 8.55. The van der Waals surface area contributed by atoms with Crippen molar-refractivity contribution in [2.45, 2.75) is 45.3 Å². The average molecular weight is 346 g/mol. The van der Waals surface area contributed by atoms with Gasteiger partial charge in [-0.05, 0) is 48.8 Å². The third-order valence-corrected chi connectivity index (χ3v) is 4.68. The first-order chi connectivity index (χ1) is 9.08. The summed E-state index contributed by atoms with van der Waals surface area (Å²) in [5.41, 5.74) is 1.16. The quantitative estimate of drug-likeness (QED) is 0.644. The van der Waals surface area contributed by atoms with Crippen LogP contribution in [-0.2, 0) is 4.74 Å². The predicted molar refractivity (Wildman–Crippen MR) is 85.0 cm³/mol. The van der Waals surface area contributed by atoms with E-state index in [2.05, 4.69) is 35.8 Å². The van der Waals surface area contributed by atoms with Gasteiger partial charge in [-0.25, -0.2) is 0 Å². The van der Waals surface area contributed by atoms with Crippen molar-refractivity contribution in [3.05, 3.63) is 34.9 Å². The van der Waals surface area contributed by atoms with E-state index in [0.717, 1.165) is 27.8 Å². The molecule has 0 amide bonds. The SMILES string of the molecule is CC1CC(C)CC(OC(CBr)c2cccc(Cl)c2)C1. The van der Waals surface area contributed by atoms with E-state index in [1.807, 2.05) is 18.2 Å². The normalized spacial score (nSPS) is 29.2. The second-order valence-corrected chi connectivity index (χ2v) is 6.96. The molecule has 0 spiro atoms. The predicted octanol–water partition coefficient (Wildman–Crippen LogP) is 5.62. The Morgan fingerprint density at radius 1 is 1.26 bits per heavy atom. The van der Waals surface area contributed by atoms with E-state index in [0.29, 0.717) is 6.10 Å². The molecule has 0 bridgehead atoms. The zero-order valence-corrected chi connectivity index (χ0v) is 14.0. The fraction of sp³-hybridized carbons (Fsp3) is 0.625. The van der Waals surface area contributed by atoms with E-state index in [1.165, 1.54) is 19.3 Å². The molecule has 19 heavy (non-hydrogen) atoms. The third kappa shape index (κ3) is 4.47. The first kappa shape index (κ1) is 15.3. The van der Waals surface area contributed by atoms with Gasteiger partial charge in [0, 0.05) is 10.4 Å². The molecule has 0 radical (unpaired) electrons. The topological polar surface area (TPSA) is 9.23 Å².